The first-order chi connectivity index (χ1) is 13.8. The fraction of sp³-hybridized carbons (Fsp3) is 0.667. The summed E-state index contributed by atoms with van der Waals surface area (Å²) in [5, 5.41) is 0. The van der Waals surface area contributed by atoms with Crippen LogP contribution < -0.4 is 0 Å². The second-order valence-electron chi connectivity index (χ2n) is 9.26. The van der Waals surface area contributed by atoms with Crippen LogP contribution in [0.15, 0.2) is 30.3 Å². The quantitative estimate of drug-likeness (QED) is 0.709. The summed E-state index contributed by atoms with van der Waals surface area (Å²) in [5.74, 6) is 0.191. The molecule has 29 heavy (non-hydrogen) atoms. The maximum absolute atomic E-state index is 12.7. The highest BCUT2D eigenvalue weighted by Gasteiger charge is 2.61. The summed E-state index contributed by atoms with van der Waals surface area (Å²) < 4.78 is 5.38. The Morgan fingerprint density at radius 2 is 1.69 bits per heavy atom. The van der Waals surface area contributed by atoms with Gasteiger partial charge in [-0.25, -0.2) is 0 Å². The molecule has 1 aromatic carbocycles. The van der Waals surface area contributed by atoms with Crippen molar-refractivity contribution < 1.29 is 14.3 Å². The number of benzene rings is 1. The second-order valence-corrected chi connectivity index (χ2v) is 9.26. The Bertz CT molecular complexity index is 725. The lowest BCUT2D eigenvalue weighted by atomic mass is 9.71. The van der Waals surface area contributed by atoms with Crippen LogP contribution in [-0.2, 0) is 20.9 Å². The van der Waals surface area contributed by atoms with E-state index < -0.39 is 0 Å². The molecule has 2 aliphatic heterocycles. The highest BCUT2D eigenvalue weighted by Crippen LogP contribution is 2.54. The Balaban J connectivity index is 0.00000117. The minimum Gasteiger partial charge on any atom is -0.466 e. The molecule has 1 aromatic rings. The summed E-state index contributed by atoms with van der Waals surface area (Å²) in [4.78, 5) is 29.7. The van der Waals surface area contributed by atoms with E-state index in [4.69, 9.17) is 4.74 Å². The van der Waals surface area contributed by atoms with Gasteiger partial charge in [-0.2, -0.15) is 0 Å². The third-order valence-corrected chi connectivity index (χ3v) is 6.67. The van der Waals surface area contributed by atoms with Crippen molar-refractivity contribution in [1.29, 1.82) is 0 Å². The zero-order chi connectivity index (χ0) is 21.2. The molecule has 2 heterocycles. The van der Waals surface area contributed by atoms with Crippen LogP contribution in [0.2, 0.25) is 0 Å². The molecule has 1 spiro atoms. The molecule has 2 saturated heterocycles. The van der Waals surface area contributed by atoms with Crippen LogP contribution in [0.5, 0.6) is 0 Å². The molecule has 0 aromatic heterocycles. The number of rotatable bonds is 5. The van der Waals surface area contributed by atoms with Gasteiger partial charge >= 0.3 is 5.97 Å². The van der Waals surface area contributed by atoms with Crippen molar-refractivity contribution in [2.45, 2.75) is 47.6 Å². The molecule has 0 bridgehead atoms. The minimum absolute atomic E-state index is 0.105. The van der Waals surface area contributed by atoms with E-state index in [0.29, 0.717) is 26.2 Å². The molecule has 2 atom stereocenters. The molecule has 1 saturated carbocycles. The van der Waals surface area contributed by atoms with E-state index in [-0.39, 0.29) is 34.5 Å². The van der Waals surface area contributed by atoms with Gasteiger partial charge in [-0.1, -0.05) is 58.0 Å². The van der Waals surface area contributed by atoms with Crippen molar-refractivity contribution in [1.82, 2.24) is 9.80 Å². The second kappa shape index (κ2) is 8.47. The van der Waals surface area contributed by atoms with Crippen LogP contribution in [-0.4, -0.2) is 54.5 Å². The van der Waals surface area contributed by atoms with Crippen molar-refractivity contribution in [2.24, 2.45) is 22.7 Å². The van der Waals surface area contributed by atoms with Gasteiger partial charge in [-0.05, 0) is 24.3 Å². The SMILES string of the molecule is CC.CCOC(=O)C1CN(Cc2ccccc2)CC12CN(C(=O)C1CC1(C)C)C2. The Labute approximate surface area is 175 Å². The predicted octanol–water partition coefficient (Wildman–Crippen LogP) is 3.58. The summed E-state index contributed by atoms with van der Waals surface area (Å²) in [6.45, 7) is 14.3. The molecule has 2 unspecified atom stereocenters. The van der Waals surface area contributed by atoms with E-state index in [2.05, 4.69) is 30.9 Å². The number of carbonyl (C=O) groups is 2. The highest BCUT2D eigenvalue weighted by molar-refractivity contribution is 5.84. The molecule has 3 aliphatic rings. The summed E-state index contributed by atoms with van der Waals surface area (Å²) in [6, 6.07) is 10.4. The third-order valence-electron chi connectivity index (χ3n) is 6.67. The van der Waals surface area contributed by atoms with Crippen LogP contribution >= 0.6 is 0 Å². The van der Waals surface area contributed by atoms with E-state index in [1.165, 1.54) is 5.56 Å². The molecule has 3 fully saturated rings. The Hall–Kier alpha value is -1.88. The standard InChI is InChI=1S/C22H30N2O3.C2H6/c1-4-27-20(26)18-12-23(11-16-8-6-5-7-9-16)13-22(18)14-24(15-22)19(25)17-10-21(17,2)3;1-2/h5-9,17-18H,4,10-15H2,1-3H3;1-2H3. The largest absolute Gasteiger partial charge is 0.466 e. The Kier molecular flexibility index (Phi) is 6.37. The molecule has 5 nitrogen and oxygen atoms in total. The molecule has 0 N–H and O–H groups in total. The number of carbonyl (C=O) groups excluding carboxylic acids is 2. The summed E-state index contributed by atoms with van der Waals surface area (Å²) in [7, 11) is 0. The zero-order valence-electron chi connectivity index (χ0n) is 18.6. The van der Waals surface area contributed by atoms with E-state index in [0.717, 1.165) is 19.5 Å². The first-order valence-electron chi connectivity index (χ1n) is 11.1. The van der Waals surface area contributed by atoms with Crippen LogP contribution in [0, 0.1) is 22.7 Å². The number of amides is 1. The number of likely N-dealkylation sites (tertiary alicyclic amines) is 2. The average Bonchev–Trinajstić information content (AvgIpc) is 3.15. The smallest absolute Gasteiger partial charge is 0.310 e. The molecular formula is C24H36N2O3. The van der Waals surface area contributed by atoms with Gasteiger partial charge in [-0.15, -0.1) is 0 Å². The molecule has 1 amide bonds. The van der Waals surface area contributed by atoms with Gasteiger partial charge in [-0.3, -0.25) is 14.5 Å². The van der Waals surface area contributed by atoms with Crippen LogP contribution in [0.3, 0.4) is 0 Å². The van der Waals surface area contributed by atoms with Crippen molar-refractivity contribution in [3.8, 4) is 0 Å². The monoisotopic (exact) mass is 400 g/mol. The van der Waals surface area contributed by atoms with E-state index in [1.807, 2.05) is 43.9 Å². The maximum Gasteiger partial charge on any atom is 0.310 e. The van der Waals surface area contributed by atoms with Crippen molar-refractivity contribution >= 4 is 11.9 Å². The van der Waals surface area contributed by atoms with Crippen LogP contribution in [0.25, 0.3) is 0 Å². The van der Waals surface area contributed by atoms with Gasteiger partial charge in [0.05, 0.1) is 12.5 Å². The fourth-order valence-electron chi connectivity index (χ4n) is 4.90. The number of hydrogen-bond acceptors (Lipinski definition) is 4. The summed E-state index contributed by atoms with van der Waals surface area (Å²) in [6.07, 6.45) is 0.983. The first kappa shape index (κ1) is 21.8. The minimum atomic E-state index is -0.143. The lowest BCUT2D eigenvalue weighted by Crippen LogP contribution is -2.63. The fourth-order valence-corrected chi connectivity index (χ4v) is 4.90. The lowest BCUT2D eigenvalue weighted by Gasteiger charge is -2.50. The topological polar surface area (TPSA) is 49.9 Å². The third kappa shape index (κ3) is 4.35. The number of hydrogen-bond donors (Lipinski definition) is 0. The van der Waals surface area contributed by atoms with Gasteiger partial charge < -0.3 is 9.64 Å². The molecule has 1 aliphatic carbocycles. The zero-order valence-corrected chi connectivity index (χ0v) is 18.6. The average molecular weight is 401 g/mol. The Morgan fingerprint density at radius 3 is 2.24 bits per heavy atom. The van der Waals surface area contributed by atoms with Crippen LogP contribution in [0.1, 0.15) is 46.6 Å². The van der Waals surface area contributed by atoms with E-state index in [9.17, 15) is 9.59 Å². The van der Waals surface area contributed by atoms with Crippen molar-refractivity contribution in [3.63, 3.8) is 0 Å². The van der Waals surface area contributed by atoms with Gasteiger partial charge in [0.1, 0.15) is 0 Å². The Morgan fingerprint density at radius 1 is 1.07 bits per heavy atom. The van der Waals surface area contributed by atoms with Crippen molar-refractivity contribution in [3.05, 3.63) is 35.9 Å². The first-order valence-corrected chi connectivity index (χ1v) is 11.1. The number of esters is 1. The molecule has 4 rings (SSSR count). The van der Waals surface area contributed by atoms with Gasteiger partial charge in [0, 0.05) is 44.1 Å². The van der Waals surface area contributed by atoms with Gasteiger partial charge in [0.25, 0.3) is 0 Å². The van der Waals surface area contributed by atoms with Crippen molar-refractivity contribution in [2.75, 3.05) is 32.8 Å². The van der Waals surface area contributed by atoms with Gasteiger partial charge in [0.2, 0.25) is 5.91 Å². The normalized spacial score (nSPS) is 26.3. The lowest BCUT2D eigenvalue weighted by molar-refractivity contribution is -0.162. The molecule has 5 heteroatoms. The van der Waals surface area contributed by atoms with Crippen LogP contribution in [0.4, 0.5) is 0 Å². The molecule has 160 valence electrons. The van der Waals surface area contributed by atoms with E-state index >= 15 is 0 Å². The van der Waals surface area contributed by atoms with E-state index in [1.54, 1.807) is 0 Å². The molecular weight excluding hydrogens is 364 g/mol. The predicted molar refractivity (Wildman–Crippen MR) is 114 cm³/mol. The number of nitrogens with zero attached hydrogens (tertiary/aromatic N) is 2. The summed E-state index contributed by atoms with van der Waals surface area (Å²) >= 11 is 0. The molecule has 0 radical (unpaired) electrons. The highest BCUT2D eigenvalue weighted by atomic mass is 16.5. The number of ether oxygens (including phenoxy) is 1. The van der Waals surface area contributed by atoms with Gasteiger partial charge in [0.15, 0.2) is 0 Å². The summed E-state index contributed by atoms with van der Waals surface area (Å²) in [5.41, 5.74) is 1.26. The maximum atomic E-state index is 12.7.